The molecule has 6 nitrogen and oxygen atoms in total. The number of aromatic nitrogens is 2. The molecule has 1 aliphatic heterocycles. The summed E-state index contributed by atoms with van der Waals surface area (Å²) < 4.78 is 7.45. The Labute approximate surface area is 174 Å². The molecule has 2 aromatic rings. The van der Waals surface area contributed by atoms with Crippen LogP contribution in [0.5, 0.6) is 0 Å². The van der Waals surface area contributed by atoms with E-state index in [0.717, 1.165) is 31.4 Å². The van der Waals surface area contributed by atoms with Gasteiger partial charge in [0.25, 0.3) is 5.89 Å². The van der Waals surface area contributed by atoms with E-state index >= 15 is 0 Å². The van der Waals surface area contributed by atoms with Gasteiger partial charge in [-0.2, -0.15) is 4.98 Å². The van der Waals surface area contributed by atoms with Crippen LogP contribution >= 0.6 is 0 Å². The monoisotopic (exact) mass is 398 g/mol. The van der Waals surface area contributed by atoms with Crippen LogP contribution in [0.25, 0.3) is 11.4 Å². The lowest BCUT2D eigenvalue weighted by atomic mass is 10.0. The van der Waals surface area contributed by atoms with Crippen molar-refractivity contribution in [1.29, 1.82) is 0 Å². The second-order valence-corrected chi connectivity index (χ2v) is 8.15. The maximum Gasteiger partial charge on any atom is 0.341 e. The predicted molar refractivity (Wildman–Crippen MR) is 117 cm³/mol. The first-order valence-corrected chi connectivity index (χ1v) is 11.3. The van der Waals surface area contributed by atoms with E-state index in [9.17, 15) is 0 Å². The summed E-state index contributed by atoms with van der Waals surface area (Å²) in [5.74, 6) is 1.53. The van der Waals surface area contributed by atoms with E-state index in [1.54, 1.807) is 0 Å². The van der Waals surface area contributed by atoms with Crippen LogP contribution in [0, 0.1) is 0 Å². The van der Waals surface area contributed by atoms with Gasteiger partial charge in [0.15, 0.2) is 6.04 Å². The van der Waals surface area contributed by atoms with E-state index in [4.69, 9.17) is 16.0 Å². The number of hydrogen-bond donors (Lipinski definition) is 2. The molecule has 0 spiro atoms. The van der Waals surface area contributed by atoms with Crippen molar-refractivity contribution in [2.24, 2.45) is 11.5 Å². The molecule has 29 heavy (non-hydrogen) atoms. The molecule has 1 aliphatic rings. The molecule has 2 heterocycles. The number of rotatable bonds is 11. The Bertz CT molecular complexity index is 777. The predicted octanol–water partition coefficient (Wildman–Crippen LogP) is 4.54. The molecular formula is C23H36N5O+. The van der Waals surface area contributed by atoms with Gasteiger partial charge in [0, 0.05) is 5.56 Å². The van der Waals surface area contributed by atoms with Crippen molar-refractivity contribution in [3.05, 3.63) is 35.7 Å². The fraction of sp³-hybridized carbons (Fsp3) is 0.609. The molecule has 1 aromatic carbocycles. The highest BCUT2D eigenvalue weighted by Gasteiger charge is 2.31. The number of hydrogen-bond acceptors (Lipinski definition) is 3. The van der Waals surface area contributed by atoms with Crippen LogP contribution in [0.2, 0.25) is 0 Å². The van der Waals surface area contributed by atoms with Crippen LogP contribution in [-0.2, 0) is 6.42 Å². The summed E-state index contributed by atoms with van der Waals surface area (Å²) in [6.45, 7) is 3.10. The molecule has 1 aromatic heterocycles. The Morgan fingerprint density at radius 3 is 2.41 bits per heavy atom. The molecular weight excluding hydrogens is 362 g/mol. The number of aryl methyl sites for hydroxylation is 1. The number of benzene rings is 1. The lowest BCUT2D eigenvalue weighted by Crippen LogP contribution is -2.35. The topological polar surface area (TPSA) is 94.0 Å². The molecule has 1 saturated heterocycles. The standard InChI is InChI=1S/C23H35N5O/c1-2-3-4-5-6-7-8-9-11-18-13-15-19(16-14-18)21-26-22(29-27-21)20-12-10-17-28(20)23(24)25/h13-16,20H,2-12,17H2,1H3,(H3,24,25)/p+1/t20-/m0/s1. The van der Waals surface area contributed by atoms with Gasteiger partial charge in [-0.05, 0) is 31.2 Å². The van der Waals surface area contributed by atoms with Crippen molar-refractivity contribution >= 4 is 5.96 Å². The van der Waals surface area contributed by atoms with Gasteiger partial charge >= 0.3 is 5.96 Å². The zero-order chi connectivity index (χ0) is 20.5. The van der Waals surface area contributed by atoms with Gasteiger partial charge in [0.1, 0.15) is 0 Å². The normalized spacial score (nSPS) is 16.4. The highest BCUT2D eigenvalue weighted by molar-refractivity contribution is 5.70. The lowest BCUT2D eigenvalue weighted by Gasteiger charge is -2.07. The molecule has 0 aliphatic carbocycles. The summed E-state index contributed by atoms with van der Waals surface area (Å²) in [5, 5.41) is 4.17. The fourth-order valence-corrected chi connectivity index (χ4v) is 4.10. The van der Waals surface area contributed by atoms with Crippen molar-refractivity contribution in [1.82, 2.24) is 10.1 Å². The first-order chi connectivity index (χ1) is 14.2. The third-order valence-electron chi connectivity index (χ3n) is 5.84. The SMILES string of the molecule is CCCCCCCCCCc1ccc(-c2noc([C@@H]3CCC[N+]3=C(N)N)n2)cc1. The summed E-state index contributed by atoms with van der Waals surface area (Å²) >= 11 is 0. The zero-order valence-electron chi connectivity index (χ0n) is 17.8. The van der Waals surface area contributed by atoms with E-state index < -0.39 is 0 Å². The third kappa shape index (κ3) is 6.05. The minimum atomic E-state index is -0.0116. The highest BCUT2D eigenvalue weighted by atomic mass is 16.5. The average Bonchev–Trinajstić information content (AvgIpc) is 3.40. The van der Waals surface area contributed by atoms with Crippen LogP contribution in [0.3, 0.4) is 0 Å². The van der Waals surface area contributed by atoms with Crippen LogP contribution in [0.15, 0.2) is 28.8 Å². The summed E-state index contributed by atoms with van der Waals surface area (Å²) in [5.41, 5.74) is 13.9. The molecule has 0 bridgehead atoms. The van der Waals surface area contributed by atoms with Crippen molar-refractivity contribution < 1.29 is 9.10 Å². The molecule has 6 heteroatoms. The van der Waals surface area contributed by atoms with E-state index in [1.165, 1.54) is 56.9 Å². The molecule has 0 unspecified atom stereocenters. The Kier molecular flexibility index (Phi) is 8.08. The van der Waals surface area contributed by atoms with Gasteiger partial charge < -0.3 is 4.52 Å². The molecule has 0 amide bonds. The first kappa shape index (κ1) is 21.3. The van der Waals surface area contributed by atoms with Crippen LogP contribution in [-0.4, -0.2) is 27.2 Å². The van der Waals surface area contributed by atoms with Crippen molar-refractivity contribution in [3.63, 3.8) is 0 Å². The maximum atomic E-state index is 5.78. The van der Waals surface area contributed by atoms with E-state index in [2.05, 4.69) is 41.3 Å². The minimum Gasteiger partial charge on any atom is -0.335 e. The Morgan fingerprint density at radius 2 is 1.72 bits per heavy atom. The third-order valence-corrected chi connectivity index (χ3v) is 5.84. The fourth-order valence-electron chi connectivity index (χ4n) is 4.10. The summed E-state index contributed by atoms with van der Waals surface area (Å²) in [6, 6.07) is 8.53. The number of nitrogens with two attached hydrogens (primary N) is 2. The molecule has 3 rings (SSSR count). The smallest absolute Gasteiger partial charge is 0.335 e. The zero-order valence-corrected chi connectivity index (χ0v) is 17.8. The van der Waals surface area contributed by atoms with E-state index in [1.807, 2.05) is 4.58 Å². The number of unbranched alkanes of at least 4 members (excludes halogenated alkanes) is 7. The van der Waals surface area contributed by atoms with Gasteiger partial charge in [0.05, 0.1) is 6.54 Å². The number of guanidine groups is 1. The summed E-state index contributed by atoms with van der Waals surface area (Å²) in [4.78, 5) is 4.60. The Balaban J connectivity index is 1.47. The highest BCUT2D eigenvalue weighted by Crippen LogP contribution is 2.28. The largest absolute Gasteiger partial charge is 0.341 e. The molecule has 1 atom stereocenters. The molecule has 0 radical (unpaired) electrons. The molecule has 4 N–H and O–H groups in total. The summed E-state index contributed by atoms with van der Waals surface area (Å²) in [6.07, 6.45) is 13.9. The van der Waals surface area contributed by atoms with Crippen molar-refractivity contribution in [3.8, 4) is 11.4 Å². The Morgan fingerprint density at radius 1 is 1.03 bits per heavy atom. The van der Waals surface area contributed by atoms with Gasteiger partial charge in [0.2, 0.25) is 5.82 Å². The first-order valence-electron chi connectivity index (χ1n) is 11.3. The van der Waals surface area contributed by atoms with Crippen LogP contribution < -0.4 is 11.5 Å². The van der Waals surface area contributed by atoms with Gasteiger partial charge in [-0.1, -0.05) is 81.3 Å². The Hall–Kier alpha value is -2.37. The molecule has 0 saturated carbocycles. The van der Waals surface area contributed by atoms with E-state index in [0.29, 0.717) is 17.7 Å². The van der Waals surface area contributed by atoms with Gasteiger partial charge in [-0.15, -0.1) is 0 Å². The quantitative estimate of drug-likeness (QED) is 0.329. The average molecular weight is 399 g/mol. The maximum absolute atomic E-state index is 5.78. The second kappa shape index (κ2) is 11.0. The summed E-state index contributed by atoms with van der Waals surface area (Å²) in [7, 11) is 0. The lowest BCUT2D eigenvalue weighted by molar-refractivity contribution is -0.555. The van der Waals surface area contributed by atoms with Crippen LogP contribution in [0.4, 0.5) is 0 Å². The molecule has 158 valence electrons. The van der Waals surface area contributed by atoms with Gasteiger partial charge in [-0.25, -0.2) is 0 Å². The number of nitrogens with zero attached hydrogens (tertiary/aromatic N) is 3. The van der Waals surface area contributed by atoms with Gasteiger partial charge in [-0.3, -0.25) is 16.0 Å². The minimum absolute atomic E-state index is 0.0116. The van der Waals surface area contributed by atoms with Crippen molar-refractivity contribution in [2.45, 2.75) is 83.6 Å². The van der Waals surface area contributed by atoms with Crippen LogP contribution in [0.1, 0.15) is 88.6 Å². The van der Waals surface area contributed by atoms with E-state index in [-0.39, 0.29) is 6.04 Å². The molecule has 1 fully saturated rings. The second-order valence-electron chi connectivity index (χ2n) is 8.15. The van der Waals surface area contributed by atoms with Crippen molar-refractivity contribution in [2.75, 3.05) is 6.54 Å².